The van der Waals surface area contributed by atoms with E-state index in [1.54, 1.807) is 13.2 Å². The number of anilines is 2. The number of carbonyl (C=O) groups excluding carboxylic acids is 1. The van der Waals surface area contributed by atoms with Gasteiger partial charge in [0, 0.05) is 35.9 Å². The quantitative estimate of drug-likeness (QED) is 0.749. The zero-order chi connectivity index (χ0) is 18.4. The molecule has 2 N–H and O–H groups in total. The number of hydrogen-bond acceptors (Lipinski definition) is 4. The Morgan fingerprint density at radius 2 is 1.76 bits per heavy atom. The molecule has 0 bridgehead atoms. The molecule has 0 atom stereocenters. The second kappa shape index (κ2) is 8.62. The van der Waals surface area contributed by atoms with Gasteiger partial charge in [0.25, 0.3) is 0 Å². The first-order valence-electron chi connectivity index (χ1n) is 8.03. The van der Waals surface area contributed by atoms with Crippen LogP contribution in [0.5, 0.6) is 11.5 Å². The van der Waals surface area contributed by atoms with Gasteiger partial charge in [-0.1, -0.05) is 11.6 Å². The molecule has 1 amide bonds. The summed E-state index contributed by atoms with van der Waals surface area (Å²) in [5.41, 5.74) is 2.58. The van der Waals surface area contributed by atoms with Crippen LogP contribution in [-0.2, 0) is 11.3 Å². The molecule has 2 aromatic carbocycles. The van der Waals surface area contributed by atoms with Crippen molar-refractivity contribution in [3.8, 4) is 11.5 Å². The minimum Gasteiger partial charge on any atom is -0.493 e. The minimum atomic E-state index is -0.0942. The number of amides is 1. The van der Waals surface area contributed by atoms with Crippen molar-refractivity contribution in [1.29, 1.82) is 0 Å². The van der Waals surface area contributed by atoms with Crippen molar-refractivity contribution in [3.05, 3.63) is 47.0 Å². The molecule has 0 aromatic heterocycles. The zero-order valence-electron chi connectivity index (χ0n) is 14.9. The Bertz CT molecular complexity index is 730. The van der Waals surface area contributed by atoms with Gasteiger partial charge in [-0.3, -0.25) is 4.79 Å². The maximum atomic E-state index is 11.0. The van der Waals surface area contributed by atoms with E-state index in [9.17, 15) is 4.79 Å². The second-order valence-corrected chi connectivity index (χ2v) is 6.28. The smallest absolute Gasteiger partial charge is 0.221 e. The fourth-order valence-electron chi connectivity index (χ4n) is 2.29. The average molecular weight is 363 g/mol. The molecule has 0 heterocycles. The van der Waals surface area contributed by atoms with E-state index < -0.39 is 0 Å². The normalized spacial score (nSPS) is 10.5. The number of methoxy groups -OCH3 is 1. The first-order chi connectivity index (χ1) is 11.9. The molecule has 134 valence electrons. The third-order valence-corrected chi connectivity index (χ3v) is 3.74. The van der Waals surface area contributed by atoms with E-state index in [1.165, 1.54) is 6.92 Å². The monoisotopic (exact) mass is 362 g/mol. The van der Waals surface area contributed by atoms with Gasteiger partial charge in [-0.25, -0.2) is 0 Å². The standard InChI is InChI=1S/C19H23ClN2O3/c1-12(2)25-19-10-17(20)14(9-18(19)24-4)11-21-15-5-7-16(8-6-15)22-13(3)23/h5-10,12,21H,11H2,1-4H3,(H,22,23). The number of benzene rings is 2. The average Bonchev–Trinajstić information content (AvgIpc) is 2.54. The number of nitrogens with one attached hydrogen (secondary N) is 2. The Kier molecular flexibility index (Phi) is 6.53. The van der Waals surface area contributed by atoms with Crippen LogP contribution in [0.2, 0.25) is 5.02 Å². The number of carbonyl (C=O) groups is 1. The van der Waals surface area contributed by atoms with Gasteiger partial charge in [-0.15, -0.1) is 0 Å². The molecule has 0 aliphatic heterocycles. The molecule has 2 rings (SSSR count). The van der Waals surface area contributed by atoms with Gasteiger partial charge in [0.15, 0.2) is 11.5 Å². The lowest BCUT2D eigenvalue weighted by Crippen LogP contribution is -2.08. The summed E-state index contributed by atoms with van der Waals surface area (Å²) in [6.45, 7) is 5.92. The van der Waals surface area contributed by atoms with Crippen molar-refractivity contribution >= 4 is 28.9 Å². The second-order valence-electron chi connectivity index (χ2n) is 5.87. The van der Waals surface area contributed by atoms with Crippen LogP contribution in [0.15, 0.2) is 36.4 Å². The highest BCUT2D eigenvalue weighted by Gasteiger charge is 2.12. The largest absolute Gasteiger partial charge is 0.493 e. The van der Waals surface area contributed by atoms with Crippen LogP contribution in [0, 0.1) is 0 Å². The SMILES string of the molecule is COc1cc(CNc2ccc(NC(C)=O)cc2)c(Cl)cc1OC(C)C. The molecule has 0 aliphatic carbocycles. The van der Waals surface area contributed by atoms with Gasteiger partial charge < -0.3 is 20.1 Å². The van der Waals surface area contributed by atoms with Crippen LogP contribution in [0.25, 0.3) is 0 Å². The van der Waals surface area contributed by atoms with E-state index in [2.05, 4.69) is 10.6 Å². The summed E-state index contributed by atoms with van der Waals surface area (Å²) in [5, 5.41) is 6.64. The zero-order valence-corrected chi connectivity index (χ0v) is 15.6. The summed E-state index contributed by atoms with van der Waals surface area (Å²) in [7, 11) is 1.61. The summed E-state index contributed by atoms with van der Waals surface area (Å²) >= 11 is 6.37. The maximum absolute atomic E-state index is 11.0. The molecule has 2 aromatic rings. The number of ether oxygens (including phenoxy) is 2. The van der Waals surface area contributed by atoms with Crippen LogP contribution >= 0.6 is 11.6 Å². The lowest BCUT2D eigenvalue weighted by molar-refractivity contribution is -0.114. The first-order valence-corrected chi connectivity index (χ1v) is 8.41. The highest BCUT2D eigenvalue weighted by Crippen LogP contribution is 2.34. The number of rotatable bonds is 7. The molecule has 0 saturated heterocycles. The van der Waals surface area contributed by atoms with E-state index in [0.29, 0.717) is 23.1 Å². The molecule has 0 aliphatic rings. The topological polar surface area (TPSA) is 59.6 Å². The van der Waals surface area contributed by atoms with Gasteiger partial charge in [0.2, 0.25) is 5.91 Å². The lowest BCUT2D eigenvalue weighted by atomic mass is 10.2. The van der Waals surface area contributed by atoms with Crippen molar-refractivity contribution in [2.75, 3.05) is 17.7 Å². The Labute approximate surface area is 153 Å². The van der Waals surface area contributed by atoms with Crippen molar-refractivity contribution < 1.29 is 14.3 Å². The van der Waals surface area contributed by atoms with Crippen LogP contribution in [0.1, 0.15) is 26.3 Å². The summed E-state index contributed by atoms with van der Waals surface area (Å²) in [5.74, 6) is 1.19. The summed E-state index contributed by atoms with van der Waals surface area (Å²) in [6, 6.07) is 11.1. The van der Waals surface area contributed by atoms with Crippen LogP contribution in [0.3, 0.4) is 0 Å². The molecular formula is C19H23ClN2O3. The summed E-state index contributed by atoms with van der Waals surface area (Å²) in [4.78, 5) is 11.0. The van der Waals surface area contributed by atoms with Crippen molar-refractivity contribution in [2.24, 2.45) is 0 Å². The molecule has 0 saturated carbocycles. The van der Waals surface area contributed by atoms with Gasteiger partial charge >= 0.3 is 0 Å². The number of hydrogen-bond donors (Lipinski definition) is 2. The minimum absolute atomic E-state index is 0.0380. The van der Waals surface area contributed by atoms with E-state index in [-0.39, 0.29) is 12.0 Å². The van der Waals surface area contributed by atoms with Crippen molar-refractivity contribution in [1.82, 2.24) is 0 Å². The maximum Gasteiger partial charge on any atom is 0.221 e. The van der Waals surface area contributed by atoms with Crippen LogP contribution in [0.4, 0.5) is 11.4 Å². The number of halogens is 1. The fraction of sp³-hybridized carbons (Fsp3) is 0.316. The van der Waals surface area contributed by atoms with E-state index >= 15 is 0 Å². The van der Waals surface area contributed by atoms with E-state index in [0.717, 1.165) is 16.9 Å². The van der Waals surface area contributed by atoms with Crippen molar-refractivity contribution in [3.63, 3.8) is 0 Å². The molecule has 6 heteroatoms. The predicted octanol–water partition coefficient (Wildman–Crippen LogP) is 4.71. The molecular weight excluding hydrogens is 340 g/mol. The predicted molar refractivity (Wildman–Crippen MR) is 102 cm³/mol. The highest BCUT2D eigenvalue weighted by atomic mass is 35.5. The van der Waals surface area contributed by atoms with Gasteiger partial charge in [-0.05, 0) is 49.7 Å². The highest BCUT2D eigenvalue weighted by molar-refractivity contribution is 6.31. The third kappa shape index (κ3) is 5.57. The Hall–Kier alpha value is -2.40. The van der Waals surface area contributed by atoms with Gasteiger partial charge in [0.05, 0.1) is 13.2 Å². The van der Waals surface area contributed by atoms with Gasteiger partial charge in [-0.2, -0.15) is 0 Å². The van der Waals surface area contributed by atoms with Crippen LogP contribution in [-0.4, -0.2) is 19.1 Å². The van der Waals surface area contributed by atoms with Crippen LogP contribution < -0.4 is 20.1 Å². The van der Waals surface area contributed by atoms with E-state index in [1.807, 2.05) is 44.2 Å². The summed E-state index contributed by atoms with van der Waals surface area (Å²) in [6.07, 6.45) is 0.0380. The van der Waals surface area contributed by atoms with E-state index in [4.69, 9.17) is 21.1 Å². The molecule has 0 fully saturated rings. The lowest BCUT2D eigenvalue weighted by Gasteiger charge is -2.16. The molecule has 0 spiro atoms. The molecule has 0 radical (unpaired) electrons. The Balaban J connectivity index is 2.08. The Morgan fingerprint density at radius 3 is 2.32 bits per heavy atom. The first kappa shape index (κ1) is 18.9. The molecule has 5 nitrogen and oxygen atoms in total. The fourth-order valence-corrected chi connectivity index (χ4v) is 2.51. The molecule has 0 unspecified atom stereocenters. The Morgan fingerprint density at radius 1 is 1.12 bits per heavy atom. The molecule has 25 heavy (non-hydrogen) atoms. The summed E-state index contributed by atoms with van der Waals surface area (Å²) < 4.78 is 11.1. The van der Waals surface area contributed by atoms with Crippen molar-refractivity contribution in [2.45, 2.75) is 33.4 Å². The van der Waals surface area contributed by atoms with Gasteiger partial charge in [0.1, 0.15) is 0 Å². The third-order valence-electron chi connectivity index (χ3n) is 3.38.